The molecule has 0 aliphatic rings. The van der Waals surface area contributed by atoms with Crippen LogP contribution in [0.25, 0.3) is 6.08 Å². The first-order valence-electron chi connectivity index (χ1n) is 6.64. The van der Waals surface area contributed by atoms with E-state index in [0.717, 1.165) is 15.6 Å². The van der Waals surface area contributed by atoms with E-state index in [1.807, 2.05) is 25.1 Å². The van der Waals surface area contributed by atoms with Crippen molar-refractivity contribution in [3.63, 3.8) is 0 Å². The van der Waals surface area contributed by atoms with Crippen LogP contribution in [-0.2, 0) is 14.8 Å². The maximum Gasteiger partial charge on any atom is 0.248 e. The van der Waals surface area contributed by atoms with E-state index in [1.54, 1.807) is 12.1 Å². The third-order valence-electron chi connectivity index (χ3n) is 3.00. The molecule has 5 nitrogen and oxygen atoms in total. The molecular weight excluding hydrogens is 380 g/mol. The first-order valence-corrected chi connectivity index (χ1v) is 8.98. The number of carbonyl (C=O) groups is 1. The Morgan fingerprint density at radius 1 is 1.22 bits per heavy atom. The lowest BCUT2D eigenvalue weighted by Gasteiger charge is -2.04. The highest BCUT2D eigenvalue weighted by atomic mass is 79.9. The van der Waals surface area contributed by atoms with E-state index in [-0.39, 0.29) is 10.8 Å². The topological polar surface area (TPSA) is 89.3 Å². The standard InChI is InChI=1S/C16H15BrN2O3S/c1-11-5-6-12(15(17)9-11)7-8-16(20)19-13-3-2-4-14(10-13)23(18,21)22/h2-10H,1H3,(H,19,20)(H2,18,21,22)/b8-7+. The minimum Gasteiger partial charge on any atom is -0.322 e. The molecule has 120 valence electrons. The van der Waals surface area contributed by atoms with Crippen LogP contribution in [-0.4, -0.2) is 14.3 Å². The highest BCUT2D eigenvalue weighted by Crippen LogP contribution is 2.20. The van der Waals surface area contributed by atoms with Crippen molar-refractivity contribution in [2.24, 2.45) is 5.14 Å². The predicted molar refractivity (Wildman–Crippen MR) is 94.4 cm³/mol. The molecule has 23 heavy (non-hydrogen) atoms. The maximum atomic E-state index is 11.9. The van der Waals surface area contributed by atoms with Crippen LogP contribution in [0.15, 0.2) is 57.9 Å². The van der Waals surface area contributed by atoms with Crippen molar-refractivity contribution < 1.29 is 13.2 Å². The molecule has 0 bridgehead atoms. The second kappa shape index (κ2) is 7.08. The molecule has 2 rings (SSSR count). The zero-order valence-electron chi connectivity index (χ0n) is 12.3. The Labute approximate surface area is 143 Å². The van der Waals surface area contributed by atoms with Gasteiger partial charge in [0.25, 0.3) is 0 Å². The van der Waals surface area contributed by atoms with Crippen LogP contribution in [0.2, 0.25) is 0 Å². The molecule has 0 saturated carbocycles. The lowest BCUT2D eigenvalue weighted by Crippen LogP contribution is -2.13. The molecule has 0 aliphatic heterocycles. The van der Waals surface area contributed by atoms with E-state index in [9.17, 15) is 13.2 Å². The Balaban J connectivity index is 2.12. The average molecular weight is 395 g/mol. The number of halogens is 1. The maximum absolute atomic E-state index is 11.9. The molecule has 7 heteroatoms. The van der Waals surface area contributed by atoms with Crippen molar-refractivity contribution in [3.8, 4) is 0 Å². The average Bonchev–Trinajstić information content (AvgIpc) is 2.45. The van der Waals surface area contributed by atoms with E-state index in [0.29, 0.717) is 5.69 Å². The summed E-state index contributed by atoms with van der Waals surface area (Å²) < 4.78 is 23.5. The molecule has 0 spiro atoms. The lowest BCUT2D eigenvalue weighted by atomic mass is 10.1. The van der Waals surface area contributed by atoms with Gasteiger partial charge in [0.2, 0.25) is 15.9 Å². The van der Waals surface area contributed by atoms with Crippen LogP contribution in [0.5, 0.6) is 0 Å². The smallest absolute Gasteiger partial charge is 0.248 e. The molecule has 0 unspecified atom stereocenters. The van der Waals surface area contributed by atoms with Crippen LogP contribution in [0.4, 0.5) is 5.69 Å². The quantitative estimate of drug-likeness (QED) is 0.780. The van der Waals surface area contributed by atoms with E-state index in [4.69, 9.17) is 5.14 Å². The number of hydrogen-bond donors (Lipinski definition) is 2. The van der Waals surface area contributed by atoms with E-state index >= 15 is 0 Å². The Kier molecular flexibility index (Phi) is 5.35. The lowest BCUT2D eigenvalue weighted by molar-refractivity contribution is -0.111. The Morgan fingerprint density at radius 3 is 2.61 bits per heavy atom. The third kappa shape index (κ3) is 5.02. The van der Waals surface area contributed by atoms with Crippen molar-refractivity contribution in [2.45, 2.75) is 11.8 Å². The number of primary sulfonamides is 1. The van der Waals surface area contributed by atoms with Crippen LogP contribution in [0, 0.1) is 6.92 Å². The van der Waals surface area contributed by atoms with Crippen molar-refractivity contribution in [2.75, 3.05) is 5.32 Å². The van der Waals surface area contributed by atoms with Crippen molar-refractivity contribution in [1.82, 2.24) is 0 Å². The number of amides is 1. The van der Waals surface area contributed by atoms with Gasteiger partial charge < -0.3 is 5.32 Å². The van der Waals surface area contributed by atoms with E-state index in [1.165, 1.54) is 24.3 Å². The van der Waals surface area contributed by atoms with Crippen molar-refractivity contribution in [3.05, 3.63) is 64.1 Å². The number of carbonyl (C=O) groups excluding carboxylic acids is 1. The first-order chi connectivity index (χ1) is 10.8. The molecule has 0 saturated heterocycles. The molecule has 0 aromatic heterocycles. The summed E-state index contributed by atoms with van der Waals surface area (Å²) in [4.78, 5) is 11.9. The van der Waals surface area contributed by atoms with Crippen molar-refractivity contribution in [1.29, 1.82) is 0 Å². The van der Waals surface area contributed by atoms with Gasteiger partial charge in [0.15, 0.2) is 0 Å². The molecule has 1 amide bonds. The fourth-order valence-electron chi connectivity index (χ4n) is 1.87. The molecule has 2 aromatic carbocycles. The summed E-state index contributed by atoms with van der Waals surface area (Å²) in [6.45, 7) is 1.98. The zero-order valence-corrected chi connectivity index (χ0v) is 14.7. The number of rotatable bonds is 4. The minimum absolute atomic E-state index is 0.0550. The number of benzene rings is 2. The largest absolute Gasteiger partial charge is 0.322 e. The zero-order chi connectivity index (χ0) is 17.0. The number of nitrogens with two attached hydrogens (primary N) is 1. The van der Waals surface area contributed by atoms with Crippen molar-refractivity contribution >= 4 is 43.6 Å². The molecule has 0 heterocycles. The van der Waals surface area contributed by atoms with Gasteiger partial charge in [-0.15, -0.1) is 0 Å². The second-order valence-electron chi connectivity index (χ2n) is 4.92. The van der Waals surface area contributed by atoms with E-state index in [2.05, 4.69) is 21.2 Å². The summed E-state index contributed by atoms with van der Waals surface area (Å²) in [5, 5.41) is 7.65. The Hall–Kier alpha value is -1.96. The molecule has 2 aromatic rings. The number of nitrogens with one attached hydrogen (secondary N) is 1. The van der Waals surface area contributed by atoms with Gasteiger partial charge in [0.05, 0.1) is 4.90 Å². The van der Waals surface area contributed by atoms with Crippen LogP contribution < -0.4 is 10.5 Å². The molecule has 0 radical (unpaired) electrons. The van der Waals surface area contributed by atoms with Gasteiger partial charge in [-0.2, -0.15) is 0 Å². The van der Waals surface area contributed by atoms with Crippen LogP contribution >= 0.6 is 15.9 Å². The normalized spacial score (nSPS) is 11.6. The fraction of sp³-hybridized carbons (Fsp3) is 0.0625. The van der Waals surface area contributed by atoms with Crippen LogP contribution in [0.3, 0.4) is 0 Å². The second-order valence-corrected chi connectivity index (χ2v) is 7.34. The molecule has 0 aliphatic carbocycles. The monoisotopic (exact) mass is 394 g/mol. The summed E-state index contributed by atoms with van der Waals surface area (Å²) in [6, 6.07) is 11.6. The van der Waals surface area contributed by atoms with Gasteiger partial charge in [0, 0.05) is 16.2 Å². The number of hydrogen-bond acceptors (Lipinski definition) is 3. The van der Waals surface area contributed by atoms with Gasteiger partial charge >= 0.3 is 0 Å². The molecule has 3 N–H and O–H groups in total. The highest BCUT2D eigenvalue weighted by Gasteiger charge is 2.08. The van der Waals surface area contributed by atoms with Gasteiger partial charge in [-0.05, 0) is 48.4 Å². The summed E-state index contributed by atoms with van der Waals surface area (Å²) >= 11 is 3.43. The minimum atomic E-state index is -3.80. The summed E-state index contributed by atoms with van der Waals surface area (Å²) in [5.74, 6) is -0.371. The number of sulfonamides is 1. The third-order valence-corrected chi connectivity index (χ3v) is 4.60. The summed E-state index contributed by atoms with van der Waals surface area (Å²) in [5.41, 5.74) is 2.33. The number of anilines is 1. The fourth-order valence-corrected chi connectivity index (χ4v) is 3.05. The molecular formula is C16H15BrN2O3S. The predicted octanol–water partition coefficient (Wildman–Crippen LogP) is 3.06. The van der Waals surface area contributed by atoms with Gasteiger partial charge in [-0.25, -0.2) is 13.6 Å². The van der Waals surface area contributed by atoms with Crippen LogP contribution in [0.1, 0.15) is 11.1 Å². The molecule has 0 fully saturated rings. The number of aryl methyl sites for hydroxylation is 1. The van der Waals surface area contributed by atoms with Gasteiger partial charge in [-0.1, -0.05) is 34.1 Å². The van der Waals surface area contributed by atoms with Gasteiger partial charge in [0.1, 0.15) is 0 Å². The summed E-state index contributed by atoms with van der Waals surface area (Å²) in [7, 11) is -3.80. The SMILES string of the molecule is Cc1ccc(/C=C/C(=O)Nc2cccc(S(N)(=O)=O)c2)c(Br)c1. The molecule has 0 atom stereocenters. The van der Waals surface area contributed by atoms with Gasteiger partial charge in [-0.3, -0.25) is 4.79 Å². The Morgan fingerprint density at radius 2 is 1.96 bits per heavy atom. The Bertz CT molecular complexity index is 877. The highest BCUT2D eigenvalue weighted by molar-refractivity contribution is 9.10. The van der Waals surface area contributed by atoms with E-state index < -0.39 is 10.0 Å². The summed E-state index contributed by atoms with van der Waals surface area (Å²) in [6.07, 6.45) is 3.04. The first kappa shape index (κ1) is 17.4.